The quantitative estimate of drug-likeness (QED) is 0.642. The molecule has 0 aromatic carbocycles. The zero-order chi connectivity index (χ0) is 11.3. The van der Waals surface area contributed by atoms with E-state index in [4.69, 9.17) is 0 Å². The maximum absolute atomic E-state index is 11.6. The zero-order valence-electron chi connectivity index (χ0n) is 9.38. The lowest BCUT2D eigenvalue weighted by Crippen LogP contribution is -2.44. The van der Waals surface area contributed by atoms with Crippen LogP contribution in [0.1, 0.15) is 12.8 Å². The van der Waals surface area contributed by atoms with Crippen molar-refractivity contribution in [1.29, 1.82) is 0 Å². The Labute approximate surface area is 90.2 Å². The van der Waals surface area contributed by atoms with Gasteiger partial charge in [0.25, 0.3) is 0 Å². The first-order valence-electron chi connectivity index (χ1n) is 5.28. The highest BCUT2D eigenvalue weighted by molar-refractivity contribution is 5.83. The van der Waals surface area contributed by atoms with Crippen LogP contribution in [0.4, 0.5) is 0 Å². The van der Waals surface area contributed by atoms with Crippen LogP contribution in [0.25, 0.3) is 0 Å². The molecule has 0 aliphatic carbocycles. The van der Waals surface area contributed by atoms with Gasteiger partial charge in [0.2, 0.25) is 11.8 Å². The molecule has 2 amide bonds. The number of carbonyl (C=O) groups excluding carboxylic acids is 2. The standard InChI is InChI=1S/C10H19N3O2/c1-13(2)6-5-11-10(15)8-3-4-9(14)12-7-8/h8H,3-7H2,1-2H3,(H,11,15)(H,12,14). The highest BCUT2D eigenvalue weighted by Crippen LogP contribution is 2.10. The maximum atomic E-state index is 11.6. The second-order valence-electron chi connectivity index (χ2n) is 4.13. The molecule has 0 aromatic heterocycles. The Morgan fingerprint density at radius 2 is 2.33 bits per heavy atom. The molecule has 2 N–H and O–H groups in total. The number of amides is 2. The zero-order valence-corrected chi connectivity index (χ0v) is 9.38. The molecule has 0 bridgehead atoms. The van der Waals surface area contributed by atoms with E-state index < -0.39 is 0 Å². The van der Waals surface area contributed by atoms with Crippen molar-refractivity contribution in [2.45, 2.75) is 12.8 Å². The molecular weight excluding hydrogens is 194 g/mol. The monoisotopic (exact) mass is 213 g/mol. The van der Waals surface area contributed by atoms with Crippen molar-refractivity contribution in [2.24, 2.45) is 5.92 Å². The first-order chi connectivity index (χ1) is 7.09. The van der Waals surface area contributed by atoms with E-state index in [0.29, 0.717) is 25.9 Å². The Kier molecular flexibility index (Phi) is 4.55. The molecule has 1 atom stereocenters. The lowest BCUT2D eigenvalue weighted by Gasteiger charge is -2.22. The second-order valence-corrected chi connectivity index (χ2v) is 4.13. The van der Waals surface area contributed by atoms with Gasteiger partial charge in [-0.15, -0.1) is 0 Å². The van der Waals surface area contributed by atoms with E-state index in [0.717, 1.165) is 6.54 Å². The fourth-order valence-corrected chi connectivity index (χ4v) is 1.50. The van der Waals surface area contributed by atoms with Crippen LogP contribution in [0, 0.1) is 5.92 Å². The van der Waals surface area contributed by atoms with Gasteiger partial charge < -0.3 is 15.5 Å². The van der Waals surface area contributed by atoms with E-state index in [1.807, 2.05) is 19.0 Å². The van der Waals surface area contributed by atoms with E-state index in [2.05, 4.69) is 10.6 Å². The van der Waals surface area contributed by atoms with Crippen LogP contribution in [-0.4, -0.2) is 50.4 Å². The normalized spacial score (nSPS) is 21.3. The molecule has 1 rings (SSSR count). The molecule has 1 unspecified atom stereocenters. The van der Waals surface area contributed by atoms with Gasteiger partial charge in [-0.3, -0.25) is 9.59 Å². The van der Waals surface area contributed by atoms with Gasteiger partial charge in [0.15, 0.2) is 0 Å². The number of hydrogen-bond donors (Lipinski definition) is 2. The van der Waals surface area contributed by atoms with Gasteiger partial charge in [-0.25, -0.2) is 0 Å². The molecule has 1 aliphatic heterocycles. The summed E-state index contributed by atoms with van der Waals surface area (Å²) in [6, 6.07) is 0. The van der Waals surface area contributed by atoms with E-state index in [1.54, 1.807) is 0 Å². The van der Waals surface area contributed by atoms with Crippen molar-refractivity contribution in [2.75, 3.05) is 33.7 Å². The van der Waals surface area contributed by atoms with E-state index in [-0.39, 0.29) is 17.7 Å². The average molecular weight is 213 g/mol. The molecule has 86 valence electrons. The largest absolute Gasteiger partial charge is 0.355 e. The Morgan fingerprint density at radius 1 is 1.60 bits per heavy atom. The van der Waals surface area contributed by atoms with Crippen molar-refractivity contribution in [3.05, 3.63) is 0 Å². The topological polar surface area (TPSA) is 61.4 Å². The Balaban J connectivity index is 2.19. The van der Waals surface area contributed by atoms with Gasteiger partial charge in [-0.2, -0.15) is 0 Å². The van der Waals surface area contributed by atoms with Crippen molar-refractivity contribution < 1.29 is 9.59 Å². The number of rotatable bonds is 4. The summed E-state index contributed by atoms with van der Waals surface area (Å²) in [6.45, 7) is 1.98. The first-order valence-corrected chi connectivity index (χ1v) is 5.28. The van der Waals surface area contributed by atoms with Crippen LogP contribution >= 0.6 is 0 Å². The average Bonchev–Trinajstić information content (AvgIpc) is 2.18. The van der Waals surface area contributed by atoms with Gasteiger partial charge in [0, 0.05) is 26.1 Å². The minimum atomic E-state index is -0.0511. The van der Waals surface area contributed by atoms with E-state index in [9.17, 15) is 9.59 Å². The number of nitrogens with one attached hydrogen (secondary N) is 2. The van der Waals surface area contributed by atoms with Gasteiger partial charge in [-0.1, -0.05) is 0 Å². The van der Waals surface area contributed by atoms with Crippen molar-refractivity contribution >= 4 is 11.8 Å². The third kappa shape index (κ3) is 4.29. The SMILES string of the molecule is CN(C)CCNC(=O)C1CCC(=O)NC1. The number of hydrogen-bond acceptors (Lipinski definition) is 3. The smallest absolute Gasteiger partial charge is 0.224 e. The first kappa shape index (κ1) is 12.0. The fraction of sp³-hybridized carbons (Fsp3) is 0.800. The highest BCUT2D eigenvalue weighted by atomic mass is 16.2. The predicted molar refractivity (Wildman–Crippen MR) is 57.3 cm³/mol. The van der Waals surface area contributed by atoms with Crippen molar-refractivity contribution in [3.8, 4) is 0 Å². The number of likely N-dealkylation sites (N-methyl/N-ethyl adjacent to an activating group) is 1. The van der Waals surface area contributed by atoms with Crippen LogP contribution in [0.3, 0.4) is 0 Å². The second kappa shape index (κ2) is 5.70. The third-order valence-corrected chi connectivity index (χ3v) is 2.49. The van der Waals surface area contributed by atoms with Crippen LogP contribution in [0.2, 0.25) is 0 Å². The molecule has 1 fully saturated rings. The van der Waals surface area contributed by atoms with Gasteiger partial charge >= 0.3 is 0 Å². The number of nitrogens with zero attached hydrogens (tertiary/aromatic N) is 1. The summed E-state index contributed by atoms with van der Waals surface area (Å²) in [5.41, 5.74) is 0. The van der Waals surface area contributed by atoms with Gasteiger partial charge in [-0.05, 0) is 20.5 Å². The molecule has 1 aliphatic rings. The molecule has 0 radical (unpaired) electrons. The van der Waals surface area contributed by atoms with Crippen LogP contribution in [-0.2, 0) is 9.59 Å². The molecule has 5 nitrogen and oxygen atoms in total. The highest BCUT2D eigenvalue weighted by Gasteiger charge is 2.23. The van der Waals surface area contributed by atoms with Crippen LogP contribution in [0.15, 0.2) is 0 Å². The third-order valence-electron chi connectivity index (χ3n) is 2.49. The fourth-order valence-electron chi connectivity index (χ4n) is 1.50. The molecule has 15 heavy (non-hydrogen) atoms. The van der Waals surface area contributed by atoms with Gasteiger partial charge in [0.05, 0.1) is 5.92 Å². The Morgan fingerprint density at radius 3 is 2.87 bits per heavy atom. The number of piperidine rings is 1. The lowest BCUT2D eigenvalue weighted by molar-refractivity contribution is -0.128. The van der Waals surface area contributed by atoms with Crippen molar-refractivity contribution in [1.82, 2.24) is 15.5 Å². The molecule has 1 saturated heterocycles. The minimum Gasteiger partial charge on any atom is -0.355 e. The Hall–Kier alpha value is -1.10. The summed E-state index contributed by atoms with van der Waals surface area (Å²) in [4.78, 5) is 24.5. The van der Waals surface area contributed by atoms with Gasteiger partial charge in [0.1, 0.15) is 0 Å². The molecule has 0 aromatic rings. The molecule has 5 heteroatoms. The summed E-state index contributed by atoms with van der Waals surface area (Å²) in [6.07, 6.45) is 1.13. The molecule has 0 spiro atoms. The maximum Gasteiger partial charge on any atom is 0.224 e. The molecule has 0 saturated carbocycles. The van der Waals surface area contributed by atoms with Crippen LogP contribution in [0.5, 0.6) is 0 Å². The molecular formula is C10H19N3O2. The summed E-state index contributed by atoms with van der Waals surface area (Å²) >= 11 is 0. The minimum absolute atomic E-state index is 0.0485. The van der Waals surface area contributed by atoms with Crippen molar-refractivity contribution in [3.63, 3.8) is 0 Å². The summed E-state index contributed by atoms with van der Waals surface area (Å²) in [5, 5.41) is 5.57. The summed E-state index contributed by atoms with van der Waals surface area (Å²) < 4.78 is 0. The van der Waals surface area contributed by atoms with E-state index >= 15 is 0 Å². The summed E-state index contributed by atoms with van der Waals surface area (Å²) in [5.74, 6) is 0.0500. The molecule has 1 heterocycles. The summed E-state index contributed by atoms with van der Waals surface area (Å²) in [7, 11) is 3.93. The predicted octanol–water partition coefficient (Wildman–Crippen LogP) is -0.810. The van der Waals surface area contributed by atoms with E-state index in [1.165, 1.54) is 0 Å². The number of carbonyl (C=O) groups is 2. The lowest BCUT2D eigenvalue weighted by atomic mass is 9.98. The Bertz CT molecular complexity index is 231. The van der Waals surface area contributed by atoms with Crippen LogP contribution < -0.4 is 10.6 Å².